The van der Waals surface area contributed by atoms with E-state index in [1.54, 1.807) is 12.1 Å². The molecule has 0 aliphatic rings. The lowest BCUT2D eigenvalue weighted by molar-refractivity contribution is 0.452. The van der Waals surface area contributed by atoms with Crippen LogP contribution in [0.25, 0.3) is 22.1 Å². The molecule has 0 spiro atoms. The normalized spacial score (nSPS) is 10.9. The summed E-state index contributed by atoms with van der Waals surface area (Å²) in [7, 11) is 0. The molecule has 0 unspecified atom stereocenters. The molecule has 0 saturated carbocycles. The monoisotopic (exact) mass is 304 g/mol. The minimum absolute atomic E-state index is 0.0692. The topological polar surface area (TPSA) is 90.9 Å². The lowest BCUT2D eigenvalue weighted by Gasteiger charge is -2.07. The molecule has 3 aromatic rings. The van der Waals surface area contributed by atoms with Crippen molar-refractivity contribution in [2.75, 3.05) is 0 Å². The summed E-state index contributed by atoms with van der Waals surface area (Å²) in [6.45, 7) is 0. The van der Waals surface area contributed by atoms with Crippen LogP contribution in [0.2, 0.25) is 5.02 Å². The van der Waals surface area contributed by atoms with Gasteiger partial charge in [-0.1, -0.05) is 23.7 Å². The average molecular weight is 305 g/mol. The molecule has 0 aliphatic heterocycles. The molecule has 2 aromatic carbocycles. The van der Waals surface area contributed by atoms with Gasteiger partial charge in [-0.3, -0.25) is 4.79 Å². The highest BCUT2D eigenvalue weighted by molar-refractivity contribution is 6.36. The second-order valence-corrected chi connectivity index (χ2v) is 4.84. The summed E-state index contributed by atoms with van der Waals surface area (Å²) >= 11 is 5.86. The Morgan fingerprint density at radius 1 is 1.00 bits per heavy atom. The van der Waals surface area contributed by atoms with Crippen molar-refractivity contribution in [3.63, 3.8) is 0 Å². The van der Waals surface area contributed by atoms with Gasteiger partial charge in [0.2, 0.25) is 5.43 Å². The first kappa shape index (κ1) is 13.3. The Kier molecular flexibility index (Phi) is 2.99. The van der Waals surface area contributed by atoms with Crippen LogP contribution in [0.1, 0.15) is 0 Å². The molecule has 0 atom stereocenters. The highest BCUT2D eigenvalue weighted by atomic mass is 35.5. The van der Waals surface area contributed by atoms with Crippen LogP contribution in [0.3, 0.4) is 0 Å². The Bertz CT molecular complexity index is 897. The van der Waals surface area contributed by atoms with Crippen molar-refractivity contribution in [1.82, 2.24) is 0 Å². The second-order valence-electron chi connectivity index (χ2n) is 4.46. The van der Waals surface area contributed by atoms with Gasteiger partial charge in [-0.2, -0.15) is 0 Å². The maximum Gasteiger partial charge on any atom is 0.204 e. The van der Waals surface area contributed by atoms with Gasteiger partial charge in [0.1, 0.15) is 33.9 Å². The van der Waals surface area contributed by atoms with Gasteiger partial charge in [0, 0.05) is 6.07 Å². The van der Waals surface area contributed by atoms with Crippen molar-refractivity contribution in [3.8, 4) is 28.4 Å². The average Bonchev–Trinajstić information content (AvgIpc) is 2.45. The largest absolute Gasteiger partial charge is 0.508 e. The van der Waals surface area contributed by atoms with Gasteiger partial charge in [0.25, 0.3) is 0 Å². The molecular formula is C15H9ClO5. The van der Waals surface area contributed by atoms with Gasteiger partial charge in [-0.25, -0.2) is 0 Å². The van der Waals surface area contributed by atoms with Gasteiger partial charge in [0.15, 0.2) is 5.58 Å². The van der Waals surface area contributed by atoms with E-state index in [0.717, 1.165) is 6.07 Å². The van der Waals surface area contributed by atoms with Crippen LogP contribution in [0.4, 0.5) is 0 Å². The molecule has 3 N–H and O–H groups in total. The maximum absolute atomic E-state index is 12.5. The second kappa shape index (κ2) is 4.71. The predicted molar refractivity (Wildman–Crippen MR) is 77.9 cm³/mol. The number of benzene rings is 2. The van der Waals surface area contributed by atoms with Crippen LogP contribution >= 0.6 is 11.6 Å². The molecule has 0 bridgehead atoms. The van der Waals surface area contributed by atoms with Crippen LogP contribution in [0.5, 0.6) is 17.2 Å². The number of hydrogen-bond donors (Lipinski definition) is 3. The minimum atomic E-state index is -0.485. The summed E-state index contributed by atoms with van der Waals surface area (Å²) < 4.78 is 5.29. The predicted octanol–water partition coefficient (Wildman–Crippen LogP) is 3.23. The third-order valence-corrected chi connectivity index (χ3v) is 3.49. The fourth-order valence-electron chi connectivity index (χ4n) is 2.08. The van der Waals surface area contributed by atoms with Crippen molar-refractivity contribution in [3.05, 3.63) is 51.8 Å². The highest BCUT2D eigenvalue weighted by Gasteiger charge is 2.17. The Labute approximate surface area is 123 Å². The summed E-state index contributed by atoms with van der Waals surface area (Å²) in [4.78, 5) is 12.5. The van der Waals surface area contributed by atoms with Crippen molar-refractivity contribution in [2.45, 2.75) is 0 Å². The smallest absolute Gasteiger partial charge is 0.204 e. The Hall–Kier alpha value is -2.66. The van der Waals surface area contributed by atoms with Crippen molar-refractivity contribution in [1.29, 1.82) is 0 Å². The SMILES string of the molecule is O=c1c(-c2ccc(O)cc2)coc2c(Cl)c(O)cc(O)c12. The molecule has 6 heteroatoms. The molecule has 0 saturated heterocycles. The zero-order chi connectivity index (χ0) is 15.1. The van der Waals surface area contributed by atoms with E-state index < -0.39 is 11.2 Å². The number of phenolic OH excluding ortho intramolecular Hbond substituents is 3. The number of hydrogen-bond acceptors (Lipinski definition) is 5. The third-order valence-electron chi connectivity index (χ3n) is 3.13. The fraction of sp³-hybridized carbons (Fsp3) is 0. The summed E-state index contributed by atoms with van der Waals surface area (Å²) in [6, 6.07) is 6.95. The van der Waals surface area contributed by atoms with E-state index in [1.807, 2.05) is 0 Å². The van der Waals surface area contributed by atoms with E-state index in [4.69, 9.17) is 16.0 Å². The third kappa shape index (κ3) is 2.08. The first-order valence-corrected chi connectivity index (χ1v) is 6.32. The number of halogens is 1. The van der Waals surface area contributed by atoms with Crippen molar-refractivity contribution >= 4 is 22.6 Å². The van der Waals surface area contributed by atoms with E-state index in [2.05, 4.69) is 0 Å². The Morgan fingerprint density at radius 3 is 2.33 bits per heavy atom. The zero-order valence-corrected chi connectivity index (χ0v) is 11.3. The van der Waals surface area contributed by atoms with E-state index in [9.17, 15) is 20.1 Å². The van der Waals surface area contributed by atoms with Crippen LogP contribution in [0, 0.1) is 0 Å². The molecule has 0 aliphatic carbocycles. The standard InChI is InChI=1S/C15H9ClO5/c16-13-11(19)5-10(18)12-14(20)9(6-21-15(12)13)7-1-3-8(17)4-2-7/h1-6,17-19H. The summed E-state index contributed by atoms with van der Waals surface area (Å²) in [5.41, 5.74) is 0.162. The van der Waals surface area contributed by atoms with Gasteiger partial charge in [-0.05, 0) is 17.7 Å². The van der Waals surface area contributed by atoms with Gasteiger partial charge in [-0.15, -0.1) is 0 Å². The van der Waals surface area contributed by atoms with E-state index >= 15 is 0 Å². The van der Waals surface area contributed by atoms with Gasteiger partial charge < -0.3 is 19.7 Å². The molecule has 0 radical (unpaired) electrons. The lowest BCUT2D eigenvalue weighted by atomic mass is 10.0. The van der Waals surface area contributed by atoms with Gasteiger partial charge in [0.05, 0.1) is 5.56 Å². The van der Waals surface area contributed by atoms with Crippen molar-refractivity contribution < 1.29 is 19.7 Å². The Morgan fingerprint density at radius 2 is 1.67 bits per heavy atom. The van der Waals surface area contributed by atoms with Crippen LogP contribution in [0.15, 0.2) is 45.8 Å². The molecular weight excluding hydrogens is 296 g/mol. The summed E-state index contributed by atoms with van der Waals surface area (Å²) in [5, 5.41) is 28.4. The molecule has 0 amide bonds. The highest BCUT2D eigenvalue weighted by Crippen LogP contribution is 2.37. The van der Waals surface area contributed by atoms with Crippen LogP contribution in [-0.2, 0) is 0 Å². The van der Waals surface area contributed by atoms with E-state index in [0.29, 0.717) is 5.56 Å². The zero-order valence-electron chi connectivity index (χ0n) is 10.5. The van der Waals surface area contributed by atoms with Gasteiger partial charge >= 0.3 is 0 Å². The molecule has 3 rings (SSSR count). The molecule has 106 valence electrons. The molecule has 21 heavy (non-hydrogen) atoms. The molecule has 1 heterocycles. The Balaban J connectivity index is 2.36. The van der Waals surface area contributed by atoms with Crippen LogP contribution < -0.4 is 5.43 Å². The summed E-state index contributed by atoms with van der Waals surface area (Å²) in [5.74, 6) is -0.719. The number of aromatic hydroxyl groups is 3. The summed E-state index contributed by atoms with van der Waals surface area (Å²) in [6.07, 6.45) is 1.20. The van der Waals surface area contributed by atoms with Crippen molar-refractivity contribution in [2.24, 2.45) is 0 Å². The lowest BCUT2D eigenvalue weighted by Crippen LogP contribution is -2.05. The molecule has 0 fully saturated rings. The fourth-order valence-corrected chi connectivity index (χ4v) is 2.28. The number of rotatable bonds is 1. The molecule has 5 nitrogen and oxygen atoms in total. The quantitative estimate of drug-likeness (QED) is 0.642. The van der Waals surface area contributed by atoms with E-state index in [-0.39, 0.29) is 33.1 Å². The maximum atomic E-state index is 12.5. The number of fused-ring (bicyclic) bond motifs is 1. The minimum Gasteiger partial charge on any atom is -0.508 e. The first-order chi connectivity index (χ1) is 9.99. The molecule has 1 aromatic heterocycles. The first-order valence-electron chi connectivity index (χ1n) is 5.94. The number of phenols is 3. The van der Waals surface area contributed by atoms with Crippen LogP contribution in [-0.4, -0.2) is 15.3 Å². The van der Waals surface area contributed by atoms with E-state index in [1.165, 1.54) is 18.4 Å².